The highest BCUT2D eigenvalue weighted by molar-refractivity contribution is 6.04. The average molecular weight is 537 g/mol. The summed E-state index contributed by atoms with van der Waals surface area (Å²) in [6.45, 7) is 3.14. The molecule has 2 N–H and O–H groups in total. The fourth-order valence-corrected chi connectivity index (χ4v) is 4.37. The lowest BCUT2D eigenvalue weighted by atomic mass is 10.0. The minimum atomic E-state index is -4.57. The van der Waals surface area contributed by atoms with Gasteiger partial charge in [0.2, 0.25) is 0 Å². The minimum Gasteiger partial charge on any atom is -0.322 e. The molecule has 0 saturated carbocycles. The summed E-state index contributed by atoms with van der Waals surface area (Å²) in [6, 6.07) is 9.85. The van der Waals surface area contributed by atoms with E-state index in [1.54, 1.807) is 12.1 Å². The molecule has 7 nitrogen and oxygen atoms in total. The molecule has 4 aromatic rings. The molecule has 0 unspecified atom stereocenters. The second-order valence-corrected chi connectivity index (χ2v) is 9.35. The molecular formula is C28H24F4N6O. The van der Waals surface area contributed by atoms with Gasteiger partial charge in [-0.3, -0.25) is 19.8 Å². The first kappa shape index (κ1) is 26.3. The van der Waals surface area contributed by atoms with Crippen LogP contribution in [0.4, 0.5) is 23.2 Å². The number of halogens is 4. The lowest BCUT2D eigenvalue weighted by Crippen LogP contribution is -2.44. The number of hydrogen-bond acceptors (Lipinski definition) is 5. The zero-order valence-corrected chi connectivity index (χ0v) is 20.9. The highest BCUT2D eigenvalue weighted by atomic mass is 19.4. The molecule has 200 valence electrons. The molecule has 1 aliphatic heterocycles. The molecule has 3 heterocycles. The second kappa shape index (κ2) is 10.8. The van der Waals surface area contributed by atoms with Gasteiger partial charge < -0.3 is 10.2 Å². The summed E-state index contributed by atoms with van der Waals surface area (Å²) in [5.41, 5.74) is 0.477. The first-order valence-corrected chi connectivity index (χ1v) is 12.2. The number of aromatic amines is 1. The lowest BCUT2D eigenvalue weighted by molar-refractivity contribution is -0.138. The van der Waals surface area contributed by atoms with Crippen LogP contribution in [0.15, 0.2) is 54.9 Å². The summed E-state index contributed by atoms with van der Waals surface area (Å²) in [5.74, 6) is 4.60. The van der Waals surface area contributed by atoms with Gasteiger partial charge in [-0.2, -0.15) is 18.3 Å². The van der Waals surface area contributed by atoms with Crippen LogP contribution in [0.2, 0.25) is 0 Å². The number of carbonyl (C=O) groups is 1. The molecule has 39 heavy (non-hydrogen) atoms. The normalized spacial score (nSPS) is 14.7. The molecule has 2 aromatic carbocycles. The summed E-state index contributed by atoms with van der Waals surface area (Å²) in [6.07, 6.45) is -1.83. The predicted octanol–water partition coefficient (Wildman–Crippen LogP) is 4.52. The van der Waals surface area contributed by atoms with Gasteiger partial charge in [0, 0.05) is 61.8 Å². The number of aromatic nitrogens is 3. The number of nitrogens with zero attached hydrogens (tertiary/aromatic N) is 4. The van der Waals surface area contributed by atoms with Crippen molar-refractivity contribution in [3.8, 4) is 11.8 Å². The number of nitrogens with one attached hydrogen (secondary N) is 2. The molecule has 1 aliphatic rings. The van der Waals surface area contributed by atoms with Gasteiger partial charge in [-0.05, 0) is 48.9 Å². The number of rotatable bonds is 4. The number of benzene rings is 2. The zero-order valence-electron chi connectivity index (χ0n) is 20.9. The van der Waals surface area contributed by atoms with Crippen LogP contribution >= 0.6 is 0 Å². The maximum Gasteiger partial charge on any atom is 0.416 e. The van der Waals surface area contributed by atoms with E-state index in [0.29, 0.717) is 29.7 Å². The van der Waals surface area contributed by atoms with Crippen molar-refractivity contribution in [2.45, 2.75) is 12.7 Å². The van der Waals surface area contributed by atoms with E-state index in [1.807, 2.05) is 11.9 Å². The van der Waals surface area contributed by atoms with Crippen molar-refractivity contribution in [2.75, 3.05) is 38.5 Å². The van der Waals surface area contributed by atoms with Gasteiger partial charge in [-0.1, -0.05) is 18.1 Å². The number of carbonyl (C=O) groups excluding carboxylic acids is 1. The van der Waals surface area contributed by atoms with E-state index in [0.717, 1.165) is 19.2 Å². The number of likely N-dealkylation sites (N-methyl/N-ethyl adjacent to an activating group) is 1. The quantitative estimate of drug-likeness (QED) is 0.297. The molecule has 1 amide bonds. The number of alkyl halides is 3. The highest BCUT2D eigenvalue weighted by Crippen LogP contribution is 2.34. The maximum absolute atomic E-state index is 13.9. The van der Waals surface area contributed by atoms with Crippen LogP contribution in [0.25, 0.3) is 10.9 Å². The molecule has 1 saturated heterocycles. The van der Waals surface area contributed by atoms with Crippen molar-refractivity contribution in [1.82, 2.24) is 25.0 Å². The Morgan fingerprint density at radius 3 is 2.64 bits per heavy atom. The van der Waals surface area contributed by atoms with Crippen molar-refractivity contribution >= 4 is 22.5 Å². The molecule has 0 aliphatic carbocycles. The van der Waals surface area contributed by atoms with E-state index in [-0.39, 0.29) is 28.9 Å². The van der Waals surface area contributed by atoms with Crippen molar-refractivity contribution in [3.05, 3.63) is 88.6 Å². The number of piperazine rings is 1. The number of amides is 1. The summed E-state index contributed by atoms with van der Waals surface area (Å²) in [5, 5.41) is 9.67. The molecule has 0 bridgehead atoms. The van der Waals surface area contributed by atoms with Crippen LogP contribution in [0.3, 0.4) is 0 Å². The van der Waals surface area contributed by atoms with E-state index in [9.17, 15) is 22.4 Å². The van der Waals surface area contributed by atoms with Crippen LogP contribution in [-0.2, 0) is 12.7 Å². The van der Waals surface area contributed by atoms with Crippen LogP contribution in [0, 0.1) is 17.7 Å². The number of para-hydroxylation sites is 1. The molecule has 0 radical (unpaired) electrons. The van der Waals surface area contributed by atoms with Crippen molar-refractivity contribution in [3.63, 3.8) is 0 Å². The Labute approximate surface area is 221 Å². The van der Waals surface area contributed by atoms with Crippen molar-refractivity contribution in [1.29, 1.82) is 0 Å². The first-order valence-electron chi connectivity index (χ1n) is 12.2. The lowest BCUT2D eigenvalue weighted by Gasteiger charge is -2.33. The Morgan fingerprint density at radius 2 is 1.87 bits per heavy atom. The average Bonchev–Trinajstić information content (AvgIpc) is 3.33. The molecule has 5 rings (SSSR count). The van der Waals surface area contributed by atoms with Crippen molar-refractivity contribution in [2.24, 2.45) is 0 Å². The fraction of sp³-hybridized carbons (Fsp3) is 0.250. The summed E-state index contributed by atoms with van der Waals surface area (Å²) in [7, 11) is 1.98. The van der Waals surface area contributed by atoms with Gasteiger partial charge in [0.25, 0.3) is 5.91 Å². The molecule has 0 spiro atoms. The summed E-state index contributed by atoms with van der Waals surface area (Å²) in [4.78, 5) is 21.0. The van der Waals surface area contributed by atoms with Gasteiger partial charge >= 0.3 is 6.18 Å². The Morgan fingerprint density at radius 1 is 1.08 bits per heavy atom. The Bertz CT molecular complexity index is 1580. The number of H-pyrrole nitrogens is 1. The van der Waals surface area contributed by atoms with E-state index < -0.39 is 23.5 Å². The predicted molar refractivity (Wildman–Crippen MR) is 138 cm³/mol. The summed E-state index contributed by atoms with van der Waals surface area (Å²) >= 11 is 0. The van der Waals surface area contributed by atoms with Crippen LogP contribution < -0.4 is 5.32 Å². The third-order valence-electron chi connectivity index (χ3n) is 6.54. The Hall–Kier alpha value is -4.27. The second-order valence-electron chi connectivity index (χ2n) is 9.35. The monoisotopic (exact) mass is 536 g/mol. The largest absolute Gasteiger partial charge is 0.416 e. The van der Waals surface area contributed by atoms with Gasteiger partial charge in [-0.15, -0.1) is 0 Å². The number of hydrogen-bond donors (Lipinski definition) is 2. The topological polar surface area (TPSA) is 77.2 Å². The highest BCUT2D eigenvalue weighted by Gasteiger charge is 2.34. The molecule has 2 aromatic heterocycles. The zero-order chi connectivity index (χ0) is 27.6. The standard InChI is InChI=1S/C28H24F4N6O/c1-37-9-11-38(12-10-37)17-19-6-7-21(14-23(19)28(30,31)32)34-27(39)20-13-18(15-33-16-20)5-8-25-22-3-2-4-24(29)26(22)36-35-25/h2-4,6-7,13-16H,9-12,17H2,1H3,(H,34,39)(H,35,36). The minimum absolute atomic E-state index is 0.0240. The SMILES string of the molecule is CN1CCN(Cc2ccc(NC(=O)c3cncc(C#Cc4n[nH]c5c(F)cccc45)c3)cc2C(F)(F)F)CC1. The van der Waals surface area contributed by atoms with Gasteiger partial charge in [0.1, 0.15) is 17.0 Å². The number of pyridine rings is 1. The van der Waals surface area contributed by atoms with Crippen LogP contribution in [-0.4, -0.2) is 64.1 Å². The van der Waals surface area contributed by atoms with E-state index in [4.69, 9.17) is 0 Å². The van der Waals surface area contributed by atoms with Crippen molar-refractivity contribution < 1.29 is 22.4 Å². The van der Waals surface area contributed by atoms with E-state index in [1.165, 1.54) is 36.7 Å². The third kappa shape index (κ3) is 6.08. The van der Waals surface area contributed by atoms with Gasteiger partial charge in [0.05, 0.1) is 11.1 Å². The van der Waals surface area contributed by atoms with Gasteiger partial charge in [-0.25, -0.2) is 4.39 Å². The maximum atomic E-state index is 13.9. The van der Waals surface area contributed by atoms with Gasteiger partial charge in [0.15, 0.2) is 0 Å². The smallest absolute Gasteiger partial charge is 0.322 e. The van der Waals surface area contributed by atoms with Crippen LogP contribution in [0.1, 0.15) is 32.7 Å². The molecule has 1 fully saturated rings. The van der Waals surface area contributed by atoms with E-state index in [2.05, 4.69) is 37.2 Å². The third-order valence-corrected chi connectivity index (χ3v) is 6.54. The van der Waals surface area contributed by atoms with Crippen LogP contribution in [0.5, 0.6) is 0 Å². The first-order chi connectivity index (χ1) is 18.7. The molecular weight excluding hydrogens is 512 g/mol. The molecule has 11 heteroatoms. The Balaban J connectivity index is 1.33. The van der Waals surface area contributed by atoms with E-state index >= 15 is 0 Å². The number of anilines is 1. The Kier molecular flexibility index (Phi) is 7.32. The molecule has 0 atom stereocenters. The summed E-state index contributed by atoms with van der Waals surface area (Å²) < 4.78 is 55.5. The fourth-order valence-electron chi connectivity index (χ4n) is 4.37. The number of fused-ring (bicyclic) bond motifs is 1.